The second-order valence-electron chi connectivity index (χ2n) is 6.63. The number of halogens is 1. The van der Waals surface area contributed by atoms with Crippen molar-refractivity contribution in [3.8, 4) is 29.0 Å². The number of aromatic nitrogens is 2. The van der Waals surface area contributed by atoms with Crippen molar-refractivity contribution in [1.29, 1.82) is 5.26 Å². The largest absolute Gasteiger partial charge is 0.494 e. The number of fused-ring (bicyclic) bond motifs is 1. The number of nitrogens with two attached hydrogens (primary N) is 1. The van der Waals surface area contributed by atoms with Gasteiger partial charge in [-0.1, -0.05) is 29.8 Å². The van der Waals surface area contributed by atoms with Crippen LogP contribution in [0, 0.1) is 21.4 Å². The summed E-state index contributed by atoms with van der Waals surface area (Å²) in [5.41, 5.74) is 7.51. The van der Waals surface area contributed by atoms with Crippen LogP contribution in [0.3, 0.4) is 0 Å². The lowest BCUT2D eigenvalue weighted by Crippen LogP contribution is -2.21. The summed E-state index contributed by atoms with van der Waals surface area (Å²) in [7, 11) is 0. The maximum Gasteiger partial charge on any atom is 0.275 e. The number of benzene rings is 2. The minimum Gasteiger partial charge on any atom is -0.494 e. The Labute approximate surface area is 181 Å². The zero-order chi connectivity index (χ0) is 22.1. The number of nitro groups is 1. The summed E-state index contributed by atoms with van der Waals surface area (Å²) in [6, 6.07) is 13.6. The van der Waals surface area contributed by atoms with E-state index in [0.29, 0.717) is 29.2 Å². The molecule has 31 heavy (non-hydrogen) atoms. The number of aromatic amines is 1. The monoisotopic (exact) mass is 437 g/mol. The number of rotatable bonds is 5. The number of allylic oxidation sites excluding steroid dienone is 1. The molecule has 3 N–H and O–H groups in total. The molecule has 0 aliphatic carbocycles. The number of hydrogen-bond acceptors (Lipinski definition) is 7. The molecule has 9 nitrogen and oxygen atoms in total. The zero-order valence-electron chi connectivity index (χ0n) is 16.3. The number of nitrogens with zero attached hydrogens (tertiary/aromatic N) is 3. The van der Waals surface area contributed by atoms with Crippen LogP contribution >= 0.6 is 11.6 Å². The molecule has 0 radical (unpaired) electrons. The summed E-state index contributed by atoms with van der Waals surface area (Å²) in [6.45, 7) is 2.36. The van der Waals surface area contributed by atoms with Crippen LogP contribution in [0.2, 0.25) is 5.02 Å². The van der Waals surface area contributed by atoms with Crippen molar-refractivity contribution in [2.45, 2.75) is 12.8 Å². The van der Waals surface area contributed by atoms with E-state index in [4.69, 9.17) is 26.8 Å². The van der Waals surface area contributed by atoms with E-state index in [9.17, 15) is 15.4 Å². The fraction of sp³-hybridized carbons (Fsp3) is 0.143. The number of H-pyrrole nitrogens is 1. The quantitative estimate of drug-likeness (QED) is 0.448. The molecule has 4 rings (SSSR count). The van der Waals surface area contributed by atoms with Crippen molar-refractivity contribution >= 4 is 17.3 Å². The second-order valence-corrected chi connectivity index (χ2v) is 7.04. The van der Waals surface area contributed by atoms with Gasteiger partial charge in [0.25, 0.3) is 5.69 Å². The van der Waals surface area contributed by atoms with E-state index in [1.165, 1.54) is 18.2 Å². The lowest BCUT2D eigenvalue weighted by molar-refractivity contribution is -0.385. The van der Waals surface area contributed by atoms with Gasteiger partial charge >= 0.3 is 0 Å². The lowest BCUT2D eigenvalue weighted by atomic mass is 9.82. The molecule has 0 fully saturated rings. The van der Waals surface area contributed by atoms with Gasteiger partial charge in [-0.25, -0.2) is 0 Å². The Kier molecular flexibility index (Phi) is 5.23. The van der Waals surface area contributed by atoms with Gasteiger partial charge in [-0.15, -0.1) is 5.10 Å². The number of nitrogens with one attached hydrogen (secondary N) is 1. The molecular formula is C21H16ClN5O4. The van der Waals surface area contributed by atoms with E-state index in [0.717, 1.165) is 0 Å². The highest BCUT2D eigenvalue weighted by Gasteiger charge is 2.40. The van der Waals surface area contributed by atoms with Gasteiger partial charge in [-0.3, -0.25) is 15.2 Å². The third-order valence-electron chi connectivity index (χ3n) is 4.89. The molecule has 1 aromatic heterocycles. The van der Waals surface area contributed by atoms with Gasteiger partial charge in [0, 0.05) is 11.6 Å². The van der Waals surface area contributed by atoms with Gasteiger partial charge in [-0.2, -0.15) is 5.26 Å². The summed E-state index contributed by atoms with van der Waals surface area (Å²) >= 11 is 6.41. The molecular weight excluding hydrogens is 422 g/mol. The van der Waals surface area contributed by atoms with Gasteiger partial charge in [0.2, 0.25) is 11.8 Å². The smallest absolute Gasteiger partial charge is 0.275 e. The molecule has 0 saturated carbocycles. The molecule has 1 unspecified atom stereocenters. The molecule has 1 aliphatic heterocycles. The summed E-state index contributed by atoms with van der Waals surface area (Å²) in [5.74, 6) is -0.383. The molecule has 1 aliphatic rings. The minimum absolute atomic E-state index is 0.00677. The molecule has 2 aromatic carbocycles. The first-order valence-electron chi connectivity index (χ1n) is 9.28. The van der Waals surface area contributed by atoms with E-state index in [1.807, 2.05) is 19.1 Å². The highest BCUT2D eigenvalue weighted by Crippen LogP contribution is 2.49. The number of ether oxygens (including phenoxy) is 2. The van der Waals surface area contributed by atoms with Crippen molar-refractivity contribution in [2.24, 2.45) is 5.73 Å². The first-order valence-corrected chi connectivity index (χ1v) is 9.65. The topological polar surface area (TPSA) is 140 Å². The van der Waals surface area contributed by atoms with Crippen LogP contribution in [0.15, 0.2) is 53.9 Å². The fourth-order valence-corrected chi connectivity index (χ4v) is 3.91. The third-order valence-corrected chi connectivity index (χ3v) is 5.22. The number of hydrogen-bond donors (Lipinski definition) is 2. The standard InChI is InChI=1S/C21H16ClN5O4/c1-2-30-12-6-3-5-11(9-12)19-18-16(13(10-23)20(24)31-21(18)26-25-19)17-14(22)7-4-8-15(17)27(28)29/h3-9,16H,2,24H2,1H3,(H,25,26). The first-order chi connectivity index (χ1) is 15.0. The van der Waals surface area contributed by atoms with Crippen molar-refractivity contribution < 1.29 is 14.4 Å². The average molecular weight is 438 g/mol. The maximum atomic E-state index is 11.8. The second kappa shape index (κ2) is 8.01. The summed E-state index contributed by atoms with van der Waals surface area (Å²) in [5, 5.41) is 28.8. The normalized spacial score (nSPS) is 15.1. The molecule has 1 atom stereocenters. The Morgan fingerprint density at radius 1 is 1.35 bits per heavy atom. The fourth-order valence-electron chi connectivity index (χ4n) is 3.63. The zero-order valence-corrected chi connectivity index (χ0v) is 17.0. The van der Waals surface area contributed by atoms with Crippen LogP contribution in [-0.4, -0.2) is 21.7 Å². The Bertz CT molecular complexity index is 1260. The summed E-state index contributed by atoms with van der Waals surface area (Å²) in [6.07, 6.45) is 0. The van der Waals surface area contributed by atoms with Crippen molar-refractivity contribution in [3.63, 3.8) is 0 Å². The Balaban J connectivity index is 2.00. The maximum absolute atomic E-state index is 11.8. The van der Waals surface area contributed by atoms with Crippen LogP contribution < -0.4 is 15.2 Å². The Hall–Kier alpha value is -4.03. The van der Waals surface area contributed by atoms with E-state index in [2.05, 4.69) is 10.2 Å². The molecule has 10 heteroatoms. The predicted molar refractivity (Wildman–Crippen MR) is 113 cm³/mol. The molecule has 2 heterocycles. The molecule has 0 amide bonds. The number of nitro benzene ring substituents is 1. The van der Waals surface area contributed by atoms with Crippen molar-refractivity contribution in [1.82, 2.24) is 10.2 Å². The van der Waals surface area contributed by atoms with Crippen molar-refractivity contribution in [3.05, 3.63) is 80.2 Å². The third kappa shape index (κ3) is 3.43. The van der Waals surface area contributed by atoms with Gasteiger partial charge in [0.1, 0.15) is 17.4 Å². The van der Waals surface area contributed by atoms with Gasteiger partial charge < -0.3 is 15.2 Å². The van der Waals surface area contributed by atoms with Gasteiger partial charge in [-0.05, 0) is 25.1 Å². The highest BCUT2D eigenvalue weighted by atomic mass is 35.5. The van der Waals surface area contributed by atoms with E-state index in [-0.39, 0.29) is 33.6 Å². The first kappa shape index (κ1) is 20.3. The lowest BCUT2D eigenvalue weighted by Gasteiger charge is -2.24. The minimum atomic E-state index is -0.952. The van der Waals surface area contributed by atoms with E-state index < -0.39 is 10.8 Å². The molecule has 0 bridgehead atoms. The van der Waals surface area contributed by atoms with E-state index >= 15 is 0 Å². The SMILES string of the molecule is CCOc1cccc(-c2[nH]nc3c2C(c2c(Cl)cccc2[N+](=O)[O-])C(C#N)=C(N)O3)c1. The van der Waals surface area contributed by atoms with Crippen molar-refractivity contribution in [2.75, 3.05) is 6.61 Å². The number of nitriles is 1. The molecule has 0 saturated heterocycles. The highest BCUT2D eigenvalue weighted by molar-refractivity contribution is 6.31. The van der Waals surface area contributed by atoms with Crippen LogP contribution in [0.25, 0.3) is 11.3 Å². The Morgan fingerprint density at radius 3 is 2.84 bits per heavy atom. The Morgan fingerprint density at radius 2 is 2.13 bits per heavy atom. The van der Waals surface area contributed by atoms with Crippen LogP contribution in [-0.2, 0) is 0 Å². The average Bonchev–Trinajstić information content (AvgIpc) is 3.16. The summed E-state index contributed by atoms with van der Waals surface area (Å²) < 4.78 is 11.1. The summed E-state index contributed by atoms with van der Waals surface area (Å²) in [4.78, 5) is 11.2. The van der Waals surface area contributed by atoms with Crippen LogP contribution in [0.1, 0.15) is 24.0 Å². The predicted octanol–water partition coefficient (Wildman–Crippen LogP) is 4.26. The molecule has 3 aromatic rings. The van der Waals surface area contributed by atoms with Crippen LogP contribution in [0.5, 0.6) is 11.6 Å². The molecule has 156 valence electrons. The van der Waals surface area contributed by atoms with Crippen LogP contribution in [0.4, 0.5) is 5.69 Å². The molecule has 0 spiro atoms. The van der Waals surface area contributed by atoms with E-state index in [1.54, 1.807) is 18.2 Å². The van der Waals surface area contributed by atoms with Gasteiger partial charge in [0.15, 0.2) is 0 Å². The van der Waals surface area contributed by atoms with Gasteiger partial charge in [0.05, 0.1) is 39.3 Å².